The number of furan rings is 1. The zero-order valence-electron chi connectivity index (χ0n) is 19.7. The van der Waals surface area contributed by atoms with Crippen molar-refractivity contribution in [3.8, 4) is 0 Å². The fourth-order valence-corrected chi connectivity index (χ4v) is 7.95. The van der Waals surface area contributed by atoms with Crippen molar-refractivity contribution in [1.82, 2.24) is 9.62 Å². The van der Waals surface area contributed by atoms with Crippen LogP contribution in [-0.4, -0.2) is 36.2 Å². The molecule has 3 aliphatic carbocycles. The van der Waals surface area contributed by atoms with Gasteiger partial charge in [-0.25, -0.2) is 8.42 Å². The van der Waals surface area contributed by atoms with Gasteiger partial charge in [0.25, 0.3) is 5.91 Å². The number of benzene rings is 1. The van der Waals surface area contributed by atoms with Crippen LogP contribution in [0.3, 0.4) is 0 Å². The number of Topliss-reactive ketones (excluding diaryl/α,β-unsaturated/α-hetero) is 1. The predicted molar refractivity (Wildman–Crippen MR) is 127 cm³/mol. The Morgan fingerprint density at radius 3 is 2.41 bits per heavy atom. The number of hydrogen-bond acceptors (Lipinski definition) is 5. The lowest BCUT2D eigenvalue weighted by atomic mass is 9.70. The number of nitrogens with one attached hydrogen (secondary N) is 1. The van der Waals surface area contributed by atoms with Crippen molar-refractivity contribution in [2.75, 3.05) is 5.75 Å². The molecular weight excluding hydrogens is 452 g/mol. The van der Waals surface area contributed by atoms with Gasteiger partial charge in [0.2, 0.25) is 10.0 Å². The molecule has 0 radical (unpaired) electrons. The van der Waals surface area contributed by atoms with Crippen molar-refractivity contribution in [3.63, 3.8) is 0 Å². The van der Waals surface area contributed by atoms with Gasteiger partial charge in [0.05, 0.1) is 18.6 Å². The van der Waals surface area contributed by atoms with Crippen molar-refractivity contribution < 1.29 is 22.4 Å². The molecule has 7 nitrogen and oxygen atoms in total. The Balaban J connectivity index is 1.38. The summed E-state index contributed by atoms with van der Waals surface area (Å²) < 4.78 is 34.5. The number of nitrogens with zero attached hydrogens (tertiary/aromatic N) is 1. The summed E-state index contributed by atoms with van der Waals surface area (Å²) in [5.41, 5.74) is 0.175. The van der Waals surface area contributed by atoms with Crippen LogP contribution in [0.25, 0.3) is 0 Å². The Morgan fingerprint density at radius 2 is 1.85 bits per heavy atom. The van der Waals surface area contributed by atoms with Crippen molar-refractivity contribution in [2.45, 2.75) is 65.1 Å². The van der Waals surface area contributed by atoms with Crippen LogP contribution in [0.1, 0.15) is 67.6 Å². The highest BCUT2D eigenvalue weighted by molar-refractivity contribution is 7.89. The summed E-state index contributed by atoms with van der Waals surface area (Å²) in [6.45, 7) is 4.33. The number of hydrogen-bond donors (Lipinski definition) is 1. The number of rotatable bonds is 9. The second-order valence-corrected chi connectivity index (χ2v) is 12.7. The fourth-order valence-electron chi connectivity index (χ4n) is 5.80. The van der Waals surface area contributed by atoms with E-state index in [1.54, 1.807) is 36.4 Å². The Hall–Kier alpha value is -2.45. The average Bonchev–Trinajstić information content (AvgIpc) is 3.33. The Morgan fingerprint density at radius 1 is 1.12 bits per heavy atom. The Labute approximate surface area is 200 Å². The number of carbonyl (C=O) groups excluding carboxylic acids is 2. The summed E-state index contributed by atoms with van der Waals surface area (Å²) in [5, 5.41) is 2.96. The van der Waals surface area contributed by atoms with Gasteiger partial charge in [-0.3, -0.25) is 9.59 Å². The predicted octanol–water partition coefficient (Wildman–Crippen LogP) is 3.90. The molecule has 2 bridgehead atoms. The minimum atomic E-state index is -3.79. The van der Waals surface area contributed by atoms with E-state index in [2.05, 4.69) is 5.32 Å². The molecule has 3 saturated carbocycles. The van der Waals surface area contributed by atoms with Gasteiger partial charge >= 0.3 is 0 Å². The SMILES string of the molecule is CC1(C)C2CCC1(CS(=O)(=O)N(Cc1ccc(C(=O)NC3CC3)cc1)Cc1ccco1)C(=O)C2. The highest BCUT2D eigenvalue weighted by Crippen LogP contribution is 2.64. The second kappa shape index (κ2) is 8.34. The van der Waals surface area contributed by atoms with Crippen molar-refractivity contribution in [2.24, 2.45) is 16.7 Å². The van der Waals surface area contributed by atoms with Crippen LogP contribution in [0.5, 0.6) is 0 Å². The maximum atomic E-state index is 13.8. The lowest BCUT2D eigenvalue weighted by molar-refractivity contribution is -0.128. The number of amides is 1. The molecule has 3 fully saturated rings. The molecule has 0 aliphatic heterocycles. The van der Waals surface area contributed by atoms with E-state index in [1.807, 2.05) is 13.8 Å². The summed E-state index contributed by atoms with van der Waals surface area (Å²) >= 11 is 0. The van der Waals surface area contributed by atoms with Crippen LogP contribution in [0.4, 0.5) is 0 Å². The zero-order chi connectivity index (χ0) is 24.1. The molecular formula is C26H32N2O5S. The third kappa shape index (κ3) is 4.11. The van der Waals surface area contributed by atoms with Gasteiger partial charge in [0.15, 0.2) is 0 Å². The van der Waals surface area contributed by atoms with Crippen LogP contribution < -0.4 is 5.32 Å². The minimum Gasteiger partial charge on any atom is -0.468 e. The molecule has 2 atom stereocenters. The van der Waals surface area contributed by atoms with Crippen LogP contribution in [0.2, 0.25) is 0 Å². The molecule has 1 N–H and O–H groups in total. The van der Waals surface area contributed by atoms with Crippen molar-refractivity contribution in [3.05, 3.63) is 59.5 Å². The molecule has 2 unspecified atom stereocenters. The van der Waals surface area contributed by atoms with E-state index >= 15 is 0 Å². The van der Waals surface area contributed by atoms with E-state index in [0.717, 1.165) is 24.8 Å². The van der Waals surface area contributed by atoms with Crippen molar-refractivity contribution >= 4 is 21.7 Å². The number of fused-ring (bicyclic) bond motifs is 2. The monoisotopic (exact) mass is 484 g/mol. The van der Waals surface area contributed by atoms with E-state index in [4.69, 9.17) is 4.42 Å². The second-order valence-electron chi connectivity index (χ2n) is 10.7. The van der Waals surface area contributed by atoms with Gasteiger partial charge in [0.1, 0.15) is 11.5 Å². The lowest BCUT2D eigenvalue weighted by Crippen LogP contribution is -2.46. The molecule has 1 aromatic heterocycles. The van der Waals surface area contributed by atoms with Crippen molar-refractivity contribution in [1.29, 1.82) is 0 Å². The molecule has 1 amide bonds. The molecule has 2 aromatic rings. The van der Waals surface area contributed by atoms with Gasteiger partial charge < -0.3 is 9.73 Å². The fraction of sp³-hybridized carbons (Fsp3) is 0.538. The van der Waals surface area contributed by atoms with Crippen LogP contribution in [0.15, 0.2) is 47.1 Å². The molecule has 182 valence electrons. The summed E-state index contributed by atoms with van der Waals surface area (Å²) in [6, 6.07) is 10.8. The number of carbonyl (C=O) groups is 2. The zero-order valence-corrected chi connectivity index (χ0v) is 20.6. The van der Waals surface area contributed by atoms with E-state index in [9.17, 15) is 18.0 Å². The van der Waals surface area contributed by atoms with Gasteiger partial charge in [-0.05, 0) is 66.8 Å². The van der Waals surface area contributed by atoms with E-state index in [0.29, 0.717) is 24.2 Å². The first-order chi connectivity index (χ1) is 16.1. The summed E-state index contributed by atoms with van der Waals surface area (Å²) in [5.74, 6) is 0.600. The van der Waals surface area contributed by atoms with Gasteiger partial charge in [-0.1, -0.05) is 26.0 Å². The molecule has 1 aromatic carbocycles. The molecule has 0 saturated heterocycles. The van der Waals surface area contributed by atoms with E-state index < -0.39 is 15.4 Å². The maximum absolute atomic E-state index is 13.8. The Bertz CT molecular complexity index is 1180. The topological polar surface area (TPSA) is 96.7 Å². The molecule has 5 rings (SSSR count). The number of sulfonamides is 1. The average molecular weight is 485 g/mol. The first kappa shape index (κ1) is 23.3. The first-order valence-electron chi connectivity index (χ1n) is 12.0. The first-order valence-corrected chi connectivity index (χ1v) is 13.6. The standard InChI is InChI=1S/C26H32N2O5S/c1-25(2)20-11-12-26(25,23(29)14-20)17-34(31,32)28(16-22-4-3-13-33-22)15-18-5-7-19(8-6-18)24(30)27-21-9-10-21/h3-8,13,20-21H,9-12,14-17H2,1-2H3,(H,27,30). The van der Waals surface area contributed by atoms with Crippen LogP contribution in [0, 0.1) is 16.7 Å². The summed E-state index contributed by atoms with van der Waals surface area (Å²) in [7, 11) is -3.79. The van der Waals surface area contributed by atoms with Gasteiger partial charge in [-0.2, -0.15) is 4.31 Å². The number of ketones is 1. The summed E-state index contributed by atoms with van der Waals surface area (Å²) in [4.78, 5) is 25.3. The van der Waals surface area contributed by atoms with Crippen LogP contribution in [-0.2, 0) is 27.9 Å². The third-order valence-corrected chi connectivity index (χ3v) is 10.3. The molecule has 34 heavy (non-hydrogen) atoms. The minimum absolute atomic E-state index is 0.0845. The Kier molecular flexibility index (Phi) is 5.72. The normalized spacial score (nSPS) is 25.7. The van der Waals surface area contributed by atoms with Crippen LogP contribution >= 0.6 is 0 Å². The third-order valence-electron chi connectivity index (χ3n) is 8.36. The quantitative estimate of drug-likeness (QED) is 0.582. The molecule has 1 heterocycles. The molecule has 8 heteroatoms. The van der Waals surface area contributed by atoms with Gasteiger partial charge in [0, 0.05) is 30.0 Å². The highest BCUT2D eigenvalue weighted by atomic mass is 32.2. The smallest absolute Gasteiger partial charge is 0.251 e. The lowest BCUT2D eigenvalue weighted by Gasteiger charge is -2.37. The van der Waals surface area contributed by atoms with E-state index in [1.165, 1.54) is 10.6 Å². The van der Waals surface area contributed by atoms with Gasteiger partial charge in [-0.15, -0.1) is 0 Å². The molecule has 3 aliphatic rings. The highest BCUT2D eigenvalue weighted by Gasteiger charge is 2.65. The molecule has 0 spiro atoms. The summed E-state index contributed by atoms with van der Waals surface area (Å²) in [6.07, 6.45) is 5.57. The largest absolute Gasteiger partial charge is 0.468 e. The van der Waals surface area contributed by atoms with E-state index in [-0.39, 0.29) is 47.9 Å². The maximum Gasteiger partial charge on any atom is 0.251 e.